The summed E-state index contributed by atoms with van der Waals surface area (Å²) in [4.78, 5) is 16.3. The van der Waals surface area contributed by atoms with Gasteiger partial charge >= 0.3 is 6.09 Å². The molecule has 6 nitrogen and oxygen atoms in total. The van der Waals surface area contributed by atoms with E-state index in [9.17, 15) is 4.79 Å². The molecule has 1 aromatic rings. The van der Waals surface area contributed by atoms with E-state index < -0.39 is 0 Å². The Morgan fingerprint density at radius 1 is 0.867 bits per heavy atom. The van der Waals surface area contributed by atoms with Crippen LogP contribution >= 0.6 is 0 Å². The van der Waals surface area contributed by atoms with Crippen LogP contribution in [-0.2, 0) is 11.3 Å². The van der Waals surface area contributed by atoms with Crippen molar-refractivity contribution in [3.05, 3.63) is 35.9 Å². The molecule has 0 spiro atoms. The van der Waals surface area contributed by atoms with Crippen LogP contribution in [0.1, 0.15) is 61.0 Å². The fourth-order valence-electron chi connectivity index (χ4n) is 3.44. The van der Waals surface area contributed by atoms with Crippen molar-refractivity contribution < 1.29 is 9.53 Å². The first kappa shape index (κ1) is 28.4. The van der Waals surface area contributed by atoms with Crippen LogP contribution in [0.3, 0.4) is 0 Å². The second-order valence-electron chi connectivity index (χ2n) is 8.63. The first-order valence-electron chi connectivity index (χ1n) is 11.3. The number of nitrogens with zero attached hydrogens (tertiary/aromatic N) is 2. The van der Waals surface area contributed by atoms with Crippen molar-refractivity contribution in [1.29, 1.82) is 0 Å². The Balaban J connectivity index is 0.000000710. The summed E-state index contributed by atoms with van der Waals surface area (Å²) in [6.45, 7) is 21.0. The predicted molar refractivity (Wildman–Crippen MR) is 128 cm³/mol. The van der Waals surface area contributed by atoms with E-state index in [1.807, 2.05) is 30.3 Å². The first-order chi connectivity index (χ1) is 14.1. The van der Waals surface area contributed by atoms with E-state index in [-0.39, 0.29) is 6.09 Å². The number of alkyl carbamates (subject to hydrolysis) is 1. The summed E-state index contributed by atoms with van der Waals surface area (Å²) >= 11 is 0. The van der Waals surface area contributed by atoms with Gasteiger partial charge in [0, 0.05) is 50.3 Å². The minimum Gasteiger partial charge on any atom is -0.445 e. The molecule has 174 valence electrons. The van der Waals surface area contributed by atoms with Crippen molar-refractivity contribution in [2.24, 2.45) is 5.73 Å². The highest BCUT2D eigenvalue weighted by molar-refractivity contribution is 5.67. The molecule has 1 aromatic carbocycles. The number of hydrogen-bond donors (Lipinski definition) is 2. The largest absolute Gasteiger partial charge is 0.445 e. The summed E-state index contributed by atoms with van der Waals surface area (Å²) in [5.74, 6) is 0. The number of hydrogen-bond acceptors (Lipinski definition) is 5. The van der Waals surface area contributed by atoms with Gasteiger partial charge < -0.3 is 15.8 Å². The lowest BCUT2D eigenvalue weighted by atomic mass is 10.2. The third kappa shape index (κ3) is 12.8. The van der Waals surface area contributed by atoms with E-state index in [2.05, 4.69) is 70.5 Å². The fraction of sp³-hybridized carbons (Fsp3) is 0.708. The zero-order valence-electron chi connectivity index (χ0n) is 20.5. The van der Waals surface area contributed by atoms with E-state index in [1.165, 1.54) is 0 Å². The van der Waals surface area contributed by atoms with Gasteiger partial charge in [0.2, 0.25) is 0 Å². The molecule has 0 aliphatic rings. The van der Waals surface area contributed by atoms with Gasteiger partial charge in [-0.3, -0.25) is 9.80 Å². The number of amides is 1. The van der Waals surface area contributed by atoms with Crippen LogP contribution in [0.25, 0.3) is 0 Å². The quantitative estimate of drug-likeness (QED) is 0.562. The lowest BCUT2D eigenvalue weighted by Gasteiger charge is -2.30. The average Bonchev–Trinajstić information content (AvgIpc) is 2.68. The van der Waals surface area contributed by atoms with Crippen LogP contribution in [0.15, 0.2) is 30.3 Å². The van der Waals surface area contributed by atoms with Crippen molar-refractivity contribution >= 4 is 6.09 Å². The standard InChI is InChI=1S/C16H26N2O2.C8H20N2/c1-13(2)18(14(3)4)11-10-17-16(19)20-12-15-8-6-5-7-9-15;1-7(2)10(6-5-9)8(3)4/h5-9,13-14H,10-12H2,1-4H3,(H,17,19);7-8H,5-6,9H2,1-4H3. The molecule has 1 rings (SSSR count). The third-order valence-electron chi connectivity index (χ3n) is 4.89. The van der Waals surface area contributed by atoms with E-state index in [1.54, 1.807) is 0 Å². The van der Waals surface area contributed by atoms with Gasteiger partial charge in [0.1, 0.15) is 6.61 Å². The van der Waals surface area contributed by atoms with Gasteiger partial charge in [-0.15, -0.1) is 0 Å². The van der Waals surface area contributed by atoms with E-state index in [4.69, 9.17) is 10.5 Å². The molecule has 0 atom stereocenters. The number of benzene rings is 1. The van der Waals surface area contributed by atoms with Gasteiger partial charge in [0.05, 0.1) is 0 Å². The van der Waals surface area contributed by atoms with Gasteiger partial charge in [-0.1, -0.05) is 30.3 Å². The van der Waals surface area contributed by atoms with Gasteiger partial charge in [0.25, 0.3) is 0 Å². The van der Waals surface area contributed by atoms with Crippen LogP contribution in [0.5, 0.6) is 0 Å². The fourth-order valence-corrected chi connectivity index (χ4v) is 3.44. The molecule has 0 fully saturated rings. The second-order valence-corrected chi connectivity index (χ2v) is 8.63. The molecule has 1 amide bonds. The molecule has 30 heavy (non-hydrogen) atoms. The van der Waals surface area contributed by atoms with Crippen molar-refractivity contribution in [3.8, 4) is 0 Å². The molecule has 0 saturated heterocycles. The maximum Gasteiger partial charge on any atom is 0.407 e. The summed E-state index contributed by atoms with van der Waals surface area (Å²) in [5, 5.41) is 2.79. The Morgan fingerprint density at radius 2 is 1.33 bits per heavy atom. The Hall–Kier alpha value is -1.63. The molecule has 0 bridgehead atoms. The van der Waals surface area contributed by atoms with E-state index in [0.717, 1.165) is 25.2 Å². The lowest BCUT2D eigenvalue weighted by molar-refractivity contribution is 0.133. The number of nitrogens with one attached hydrogen (secondary N) is 1. The number of rotatable bonds is 11. The maximum atomic E-state index is 11.6. The average molecular weight is 423 g/mol. The number of ether oxygens (including phenoxy) is 1. The summed E-state index contributed by atoms with van der Waals surface area (Å²) < 4.78 is 5.16. The Labute approximate surface area is 185 Å². The molecule has 0 aromatic heterocycles. The lowest BCUT2D eigenvalue weighted by Crippen LogP contribution is -2.42. The minimum atomic E-state index is -0.360. The van der Waals surface area contributed by atoms with Crippen LogP contribution in [0, 0.1) is 0 Å². The Kier molecular flexibility index (Phi) is 15.2. The smallest absolute Gasteiger partial charge is 0.407 e. The van der Waals surface area contributed by atoms with E-state index in [0.29, 0.717) is 37.3 Å². The summed E-state index contributed by atoms with van der Waals surface area (Å²) in [5.41, 5.74) is 6.46. The van der Waals surface area contributed by atoms with E-state index >= 15 is 0 Å². The summed E-state index contributed by atoms with van der Waals surface area (Å²) in [6.07, 6.45) is -0.360. The van der Waals surface area contributed by atoms with Gasteiger partial charge in [-0.2, -0.15) is 0 Å². The molecule has 0 aliphatic carbocycles. The monoisotopic (exact) mass is 422 g/mol. The molecular formula is C24H46N4O2. The van der Waals surface area contributed by atoms with Crippen LogP contribution in [0.2, 0.25) is 0 Å². The van der Waals surface area contributed by atoms with Gasteiger partial charge in [0.15, 0.2) is 0 Å². The number of carbonyl (C=O) groups excluding carboxylic acids is 1. The normalized spacial score (nSPS) is 11.4. The number of carbonyl (C=O) groups is 1. The molecule has 3 N–H and O–H groups in total. The highest BCUT2D eigenvalue weighted by Gasteiger charge is 2.13. The highest BCUT2D eigenvalue weighted by atomic mass is 16.5. The van der Waals surface area contributed by atoms with Crippen LogP contribution in [0.4, 0.5) is 4.79 Å². The molecule has 0 saturated carbocycles. The molecular weight excluding hydrogens is 376 g/mol. The van der Waals surface area contributed by atoms with Crippen LogP contribution in [-0.4, -0.2) is 66.2 Å². The van der Waals surface area contributed by atoms with Crippen molar-refractivity contribution in [2.75, 3.05) is 26.2 Å². The third-order valence-corrected chi connectivity index (χ3v) is 4.89. The summed E-state index contributed by atoms with van der Waals surface area (Å²) in [7, 11) is 0. The van der Waals surface area contributed by atoms with Crippen molar-refractivity contribution in [1.82, 2.24) is 15.1 Å². The minimum absolute atomic E-state index is 0.310. The predicted octanol–water partition coefficient (Wildman–Crippen LogP) is 4.10. The van der Waals surface area contributed by atoms with Crippen molar-refractivity contribution in [2.45, 2.75) is 86.2 Å². The molecule has 0 radical (unpaired) electrons. The second kappa shape index (κ2) is 16.1. The molecule has 6 heteroatoms. The molecule has 0 aliphatic heterocycles. The zero-order valence-corrected chi connectivity index (χ0v) is 20.5. The topological polar surface area (TPSA) is 70.8 Å². The summed E-state index contributed by atoms with van der Waals surface area (Å²) in [6, 6.07) is 11.8. The SMILES string of the molecule is CC(C)N(CCN)C(C)C.CC(C)N(CCNC(=O)OCc1ccccc1)C(C)C. The first-order valence-corrected chi connectivity index (χ1v) is 11.3. The number of nitrogens with two attached hydrogens (primary N) is 1. The molecule has 0 heterocycles. The van der Waals surface area contributed by atoms with Gasteiger partial charge in [-0.05, 0) is 61.0 Å². The van der Waals surface area contributed by atoms with Crippen LogP contribution < -0.4 is 11.1 Å². The Morgan fingerprint density at radius 3 is 1.73 bits per heavy atom. The molecule has 0 unspecified atom stereocenters. The zero-order chi connectivity index (χ0) is 23.1. The Bertz CT molecular complexity index is 531. The highest BCUT2D eigenvalue weighted by Crippen LogP contribution is 2.04. The van der Waals surface area contributed by atoms with Gasteiger partial charge in [-0.25, -0.2) is 4.79 Å². The van der Waals surface area contributed by atoms with Crippen molar-refractivity contribution in [3.63, 3.8) is 0 Å². The maximum absolute atomic E-state index is 11.6.